The van der Waals surface area contributed by atoms with Gasteiger partial charge in [0.2, 0.25) is 0 Å². The van der Waals surface area contributed by atoms with Gasteiger partial charge in [-0.25, -0.2) is 14.2 Å². The van der Waals surface area contributed by atoms with Crippen LogP contribution in [-0.4, -0.2) is 24.6 Å². The molecule has 3 nitrogen and oxygen atoms in total. The van der Waals surface area contributed by atoms with Crippen LogP contribution in [0.1, 0.15) is 42.1 Å². The van der Waals surface area contributed by atoms with Crippen molar-refractivity contribution < 1.29 is 14.2 Å². The van der Waals surface area contributed by atoms with Crippen molar-refractivity contribution in [1.29, 1.82) is 0 Å². The van der Waals surface area contributed by atoms with Gasteiger partial charge in [0.05, 0.1) is 6.61 Å². The lowest BCUT2D eigenvalue weighted by molar-refractivity contribution is -0.320. The maximum atomic E-state index is 13.1. The molecule has 3 aromatic carbocycles. The fourth-order valence-corrected chi connectivity index (χ4v) is 4.17. The average molecular weight is 420 g/mol. The highest BCUT2D eigenvalue weighted by Crippen LogP contribution is 2.27. The summed E-state index contributed by atoms with van der Waals surface area (Å²) in [4.78, 5) is 14.0. The molecular weight excluding hydrogens is 389 g/mol. The molecule has 0 radical (unpaired) electrons. The molecule has 0 amide bonds. The Hall–Kier alpha value is -2.53. The minimum absolute atomic E-state index is 0.175. The SMILES string of the molecule is Fc1ccc(CN2CCC(CCOOC(c3ccccc3)c3ccccc3)CC2)cc1. The van der Waals surface area contributed by atoms with Crippen LogP contribution in [0.2, 0.25) is 0 Å². The first-order valence-corrected chi connectivity index (χ1v) is 11.1. The molecule has 0 aliphatic carbocycles. The number of hydrogen-bond donors (Lipinski definition) is 0. The van der Waals surface area contributed by atoms with Crippen LogP contribution >= 0.6 is 0 Å². The molecular formula is C27H30FNO2. The quantitative estimate of drug-likeness (QED) is 0.235. The molecule has 31 heavy (non-hydrogen) atoms. The van der Waals surface area contributed by atoms with Crippen molar-refractivity contribution in [1.82, 2.24) is 4.90 Å². The number of benzene rings is 3. The summed E-state index contributed by atoms with van der Waals surface area (Å²) in [5, 5.41) is 0. The third kappa shape index (κ3) is 6.47. The second kappa shape index (κ2) is 11.2. The van der Waals surface area contributed by atoms with Crippen LogP contribution < -0.4 is 0 Å². The highest BCUT2D eigenvalue weighted by atomic mass is 19.1. The van der Waals surface area contributed by atoms with Gasteiger partial charge in [-0.05, 0) is 67.1 Å². The summed E-state index contributed by atoms with van der Waals surface area (Å²) < 4.78 is 13.1. The molecule has 0 spiro atoms. The Morgan fingerprint density at radius 3 is 1.97 bits per heavy atom. The summed E-state index contributed by atoms with van der Waals surface area (Å²) >= 11 is 0. The van der Waals surface area contributed by atoms with E-state index in [0.717, 1.165) is 50.0 Å². The number of likely N-dealkylation sites (tertiary alicyclic amines) is 1. The van der Waals surface area contributed by atoms with Crippen molar-refractivity contribution in [2.75, 3.05) is 19.7 Å². The Morgan fingerprint density at radius 2 is 1.39 bits per heavy atom. The van der Waals surface area contributed by atoms with Gasteiger partial charge in [0, 0.05) is 6.54 Å². The van der Waals surface area contributed by atoms with E-state index >= 15 is 0 Å². The standard InChI is InChI=1S/C27H30FNO2/c28-26-13-11-23(12-14-26)21-29-18-15-22(16-19-29)17-20-30-31-27(24-7-3-1-4-8-24)25-9-5-2-6-10-25/h1-14,22,27H,15-21H2. The average Bonchev–Trinajstić information content (AvgIpc) is 2.83. The Bertz CT molecular complexity index is 854. The van der Waals surface area contributed by atoms with Crippen LogP contribution in [0.15, 0.2) is 84.9 Å². The fraction of sp³-hybridized carbons (Fsp3) is 0.333. The van der Waals surface area contributed by atoms with Gasteiger partial charge in [0.1, 0.15) is 11.9 Å². The van der Waals surface area contributed by atoms with Crippen molar-refractivity contribution in [2.24, 2.45) is 5.92 Å². The summed E-state index contributed by atoms with van der Waals surface area (Å²) in [7, 11) is 0. The lowest BCUT2D eigenvalue weighted by atomic mass is 9.94. The summed E-state index contributed by atoms with van der Waals surface area (Å²) in [5.41, 5.74) is 3.34. The van der Waals surface area contributed by atoms with E-state index in [4.69, 9.17) is 9.78 Å². The third-order valence-electron chi connectivity index (χ3n) is 6.00. The van der Waals surface area contributed by atoms with Gasteiger partial charge in [-0.15, -0.1) is 0 Å². The molecule has 3 aromatic rings. The number of halogens is 1. The topological polar surface area (TPSA) is 21.7 Å². The Balaban J connectivity index is 1.21. The predicted octanol–water partition coefficient (Wildman–Crippen LogP) is 6.17. The van der Waals surface area contributed by atoms with Crippen LogP contribution in [0.4, 0.5) is 4.39 Å². The van der Waals surface area contributed by atoms with E-state index in [0.29, 0.717) is 12.5 Å². The Kier molecular flexibility index (Phi) is 7.83. The second-order valence-corrected chi connectivity index (χ2v) is 8.25. The van der Waals surface area contributed by atoms with Crippen molar-refractivity contribution in [3.63, 3.8) is 0 Å². The number of rotatable bonds is 9. The highest BCUT2D eigenvalue weighted by molar-refractivity contribution is 5.29. The molecule has 0 atom stereocenters. The lowest BCUT2D eigenvalue weighted by Crippen LogP contribution is -2.33. The Labute approximate surface area is 184 Å². The monoisotopic (exact) mass is 419 g/mol. The molecule has 0 N–H and O–H groups in total. The second-order valence-electron chi connectivity index (χ2n) is 8.25. The van der Waals surface area contributed by atoms with Crippen LogP contribution in [0, 0.1) is 11.7 Å². The predicted molar refractivity (Wildman–Crippen MR) is 121 cm³/mol. The fourth-order valence-electron chi connectivity index (χ4n) is 4.17. The zero-order valence-corrected chi connectivity index (χ0v) is 17.8. The van der Waals surface area contributed by atoms with Crippen LogP contribution in [0.3, 0.4) is 0 Å². The minimum atomic E-state index is -0.222. The molecule has 1 aliphatic rings. The van der Waals surface area contributed by atoms with E-state index in [9.17, 15) is 4.39 Å². The van der Waals surface area contributed by atoms with Gasteiger partial charge in [0.25, 0.3) is 0 Å². The van der Waals surface area contributed by atoms with Crippen LogP contribution in [0.5, 0.6) is 0 Å². The van der Waals surface area contributed by atoms with Gasteiger partial charge in [-0.3, -0.25) is 4.90 Å². The third-order valence-corrected chi connectivity index (χ3v) is 6.00. The number of piperidine rings is 1. The molecule has 1 aliphatic heterocycles. The molecule has 162 valence electrons. The summed E-state index contributed by atoms with van der Waals surface area (Å²) in [6.07, 6.45) is 3.09. The first kappa shape index (κ1) is 21.7. The van der Waals surface area contributed by atoms with Gasteiger partial charge >= 0.3 is 0 Å². The minimum Gasteiger partial charge on any atom is -0.299 e. The maximum Gasteiger partial charge on any atom is 0.143 e. The smallest absolute Gasteiger partial charge is 0.143 e. The van der Waals surface area contributed by atoms with Crippen molar-refractivity contribution in [3.8, 4) is 0 Å². The highest BCUT2D eigenvalue weighted by Gasteiger charge is 2.20. The van der Waals surface area contributed by atoms with Crippen LogP contribution in [-0.2, 0) is 16.3 Å². The van der Waals surface area contributed by atoms with Gasteiger partial charge in [0.15, 0.2) is 0 Å². The molecule has 0 saturated carbocycles. The molecule has 4 heteroatoms. The molecule has 1 heterocycles. The van der Waals surface area contributed by atoms with Gasteiger partial charge < -0.3 is 0 Å². The van der Waals surface area contributed by atoms with E-state index in [2.05, 4.69) is 29.2 Å². The summed E-state index contributed by atoms with van der Waals surface area (Å²) in [6, 6.07) is 27.2. The van der Waals surface area contributed by atoms with Gasteiger partial charge in [-0.1, -0.05) is 72.8 Å². The van der Waals surface area contributed by atoms with E-state index in [-0.39, 0.29) is 11.9 Å². The van der Waals surface area contributed by atoms with Crippen molar-refractivity contribution in [2.45, 2.75) is 31.9 Å². The molecule has 4 rings (SSSR count). The first-order chi connectivity index (χ1) is 15.3. The number of nitrogens with zero attached hydrogens (tertiary/aromatic N) is 1. The molecule has 1 fully saturated rings. The normalized spacial score (nSPS) is 15.4. The zero-order valence-electron chi connectivity index (χ0n) is 17.8. The van der Waals surface area contributed by atoms with Crippen molar-refractivity contribution >= 4 is 0 Å². The van der Waals surface area contributed by atoms with Crippen LogP contribution in [0.25, 0.3) is 0 Å². The summed E-state index contributed by atoms with van der Waals surface area (Å²) in [6.45, 7) is 3.63. The Morgan fingerprint density at radius 1 is 0.806 bits per heavy atom. The molecule has 0 unspecified atom stereocenters. The van der Waals surface area contributed by atoms with Gasteiger partial charge in [-0.2, -0.15) is 0 Å². The lowest BCUT2D eigenvalue weighted by Gasteiger charge is -2.32. The first-order valence-electron chi connectivity index (χ1n) is 11.1. The van der Waals surface area contributed by atoms with Crippen molar-refractivity contribution in [3.05, 3.63) is 107 Å². The number of hydrogen-bond acceptors (Lipinski definition) is 3. The van der Waals surface area contributed by atoms with E-state index in [1.54, 1.807) is 0 Å². The molecule has 1 saturated heterocycles. The maximum absolute atomic E-state index is 13.1. The largest absolute Gasteiger partial charge is 0.299 e. The molecule has 0 aromatic heterocycles. The van der Waals surface area contributed by atoms with E-state index in [1.165, 1.54) is 17.7 Å². The zero-order chi connectivity index (χ0) is 21.3. The van der Waals surface area contributed by atoms with E-state index in [1.807, 2.05) is 48.5 Å². The molecule has 0 bridgehead atoms. The van der Waals surface area contributed by atoms with E-state index < -0.39 is 0 Å². The summed E-state index contributed by atoms with van der Waals surface area (Å²) in [5.74, 6) is 0.478.